The minimum Gasteiger partial charge on any atom is -0.317 e. The van der Waals surface area contributed by atoms with Crippen LogP contribution in [-0.2, 0) is 11.8 Å². The summed E-state index contributed by atoms with van der Waals surface area (Å²) in [5.74, 6) is 0. The van der Waals surface area contributed by atoms with Crippen molar-refractivity contribution in [1.29, 1.82) is 0 Å². The van der Waals surface area contributed by atoms with Gasteiger partial charge in [-0.25, -0.2) is 0 Å². The van der Waals surface area contributed by atoms with E-state index >= 15 is 0 Å². The third-order valence-corrected chi connectivity index (χ3v) is 5.15. The summed E-state index contributed by atoms with van der Waals surface area (Å²) in [4.78, 5) is 0. The number of aromatic nitrogens is 2. The van der Waals surface area contributed by atoms with Crippen molar-refractivity contribution in [3.05, 3.63) is 10.0 Å². The highest BCUT2D eigenvalue weighted by molar-refractivity contribution is 7.11. The Bertz CT molecular complexity index is 342. The molecular weight excluding hydrogens is 230 g/mol. The van der Waals surface area contributed by atoms with Crippen molar-refractivity contribution in [1.82, 2.24) is 15.5 Å². The quantitative estimate of drug-likeness (QED) is 0.792. The lowest BCUT2D eigenvalue weighted by Gasteiger charge is -2.23. The predicted octanol–water partition coefficient (Wildman–Crippen LogP) is 2.91. The highest BCUT2D eigenvalue weighted by Gasteiger charge is 2.36. The summed E-state index contributed by atoms with van der Waals surface area (Å²) in [5, 5.41) is 14.6. The molecule has 0 atom stereocenters. The molecule has 96 valence electrons. The molecule has 0 saturated heterocycles. The molecule has 0 aliphatic heterocycles. The summed E-state index contributed by atoms with van der Waals surface area (Å²) >= 11 is 1.84. The summed E-state index contributed by atoms with van der Waals surface area (Å²) in [7, 11) is 0. The van der Waals surface area contributed by atoms with Crippen LogP contribution in [0, 0.1) is 0 Å². The molecule has 1 saturated carbocycles. The first kappa shape index (κ1) is 13.0. The molecule has 3 nitrogen and oxygen atoms in total. The molecule has 0 bridgehead atoms. The Morgan fingerprint density at radius 3 is 2.65 bits per heavy atom. The number of nitrogens with one attached hydrogen (secondary N) is 1. The number of likely N-dealkylation sites (N-methyl/N-ethyl adjacent to an activating group) is 1. The zero-order valence-electron chi connectivity index (χ0n) is 11.0. The monoisotopic (exact) mass is 253 g/mol. The van der Waals surface area contributed by atoms with Gasteiger partial charge in [0, 0.05) is 18.4 Å². The third kappa shape index (κ3) is 2.86. The van der Waals surface area contributed by atoms with Gasteiger partial charge in [0.05, 0.1) is 0 Å². The van der Waals surface area contributed by atoms with Crippen molar-refractivity contribution in [3.63, 3.8) is 0 Å². The Balaban J connectivity index is 2.01. The van der Waals surface area contributed by atoms with Crippen molar-refractivity contribution >= 4 is 11.3 Å². The minimum atomic E-state index is 0.369. The average Bonchev–Trinajstić information content (AvgIpc) is 2.98. The van der Waals surface area contributed by atoms with Crippen molar-refractivity contribution in [2.45, 2.75) is 57.8 Å². The van der Waals surface area contributed by atoms with Gasteiger partial charge < -0.3 is 5.32 Å². The molecule has 0 spiro atoms. The highest BCUT2D eigenvalue weighted by Crippen LogP contribution is 2.44. The fourth-order valence-corrected chi connectivity index (χ4v) is 3.87. The van der Waals surface area contributed by atoms with Gasteiger partial charge in [-0.2, -0.15) is 0 Å². The maximum Gasteiger partial charge on any atom is 0.123 e. The normalized spacial score (nSPS) is 18.7. The van der Waals surface area contributed by atoms with E-state index in [1.54, 1.807) is 0 Å². The van der Waals surface area contributed by atoms with Gasteiger partial charge >= 0.3 is 0 Å². The molecule has 0 unspecified atom stereocenters. The molecule has 0 aromatic carbocycles. The van der Waals surface area contributed by atoms with Crippen LogP contribution in [0.1, 0.15) is 56.0 Å². The first-order valence-electron chi connectivity index (χ1n) is 6.84. The fraction of sp³-hybridized carbons (Fsp3) is 0.846. The van der Waals surface area contributed by atoms with Crippen molar-refractivity contribution in [2.24, 2.45) is 0 Å². The van der Waals surface area contributed by atoms with E-state index in [1.165, 1.54) is 42.1 Å². The summed E-state index contributed by atoms with van der Waals surface area (Å²) in [6, 6.07) is 0. The topological polar surface area (TPSA) is 37.8 Å². The van der Waals surface area contributed by atoms with E-state index in [2.05, 4.69) is 29.4 Å². The van der Waals surface area contributed by atoms with E-state index in [1.807, 2.05) is 11.3 Å². The average molecular weight is 253 g/mol. The van der Waals surface area contributed by atoms with E-state index in [9.17, 15) is 0 Å². The minimum absolute atomic E-state index is 0.369. The zero-order chi connectivity index (χ0) is 12.1. The molecule has 2 rings (SSSR count). The van der Waals surface area contributed by atoms with Crippen molar-refractivity contribution in [2.75, 3.05) is 13.1 Å². The summed E-state index contributed by atoms with van der Waals surface area (Å²) in [5.41, 5.74) is 0.369. The van der Waals surface area contributed by atoms with E-state index in [-0.39, 0.29) is 0 Å². The molecule has 17 heavy (non-hydrogen) atoms. The second kappa shape index (κ2) is 5.91. The largest absolute Gasteiger partial charge is 0.317 e. The molecule has 1 fully saturated rings. The molecule has 1 N–H and O–H groups in total. The van der Waals surface area contributed by atoms with Crippen LogP contribution in [0.5, 0.6) is 0 Å². The SMILES string of the molecule is CCNCCc1nnc(C2(CC)CCCC2)s1. The van der Waals surface area contributed by atoms with Gasteiger partial charge in [0.2, 0.25) is 0 Å². The lowest BCUT2D eigenvalue weighted by molar-refractivity contribution is 0.419. The lowest BCUT2D eigenvalue weighted by atomic mass is 9.84. The molecular formula is C13H23N3S. The standard InChI is InChI=1S/C13H23N3S/c1-3-13(8-5-6-9-13)12-16-15-11(17-12)7-10-14-4-2/h14H,3-10H2,1-2H3. The van der Waals surface area contributed by atoms with Gasteiger partial charge in [-0.1, -0.05) is 26.7 Å². The number of nitrogens with zero attached hydrogens (tertiary/aromatic N) is 2. The smallest absolute Gasteiger partial charge is 0.123 e. The van der Waals surface area contributed by atoms with Gasteiger partial charge in [0.1, 0.15) is 10.0 Å². The van der Waals surface area contributed by atoms with Gasteiger partial charge in [-0.15, -0.1) is 21.5 Å². The van der Waals surface area contributed by atoms with Gasteiger partial charge in [-0.05, 0) is 25.8 Å². The molecule has 4 heteroatoms. The maximum absolute atomic E-state index is 4.46. The molecule has 0 radical (unpaired) electrons. The van der Waals surface area contributed by atoms with Crippen LogP contribution in [-0.4, -0.2) is 23.3 Å². The molecule has 1 aromatic rings. The first-order chi connectivity index (χ1) is 8.30. The predicted molar refractivity (Wildman–Crippen MR) is 72.6 cm³/mol. The Morgan fingerprint density at radius 2 is 2.00 bits per heavy atom. The van der Waals surface area contributed by atoms with E-state index < -0.39 is 0 Å². The van der Waals surface area contributed by atoms with Crippen LogP contribution in [0.3, 0.4) is 0 Å². The molecule has 1 aliphatic rings. The van der Waals surface area contributed by atoms with Crippen LogP contribution in [0.15, 0.2) is 0 Å². The summed E-state index contributed by atoms with van der Waals surface area (Å²) < 4.78 is 0. The highest BCUT2D eigenvalue weighted by atomic mass is 32.1. The number of rotatable bonds is 6. The van der Waals surface area contributed by atoms with Gasteiger partial charge in [-0.3, -0.25) is 0 Å². The number of hydrogen-bond acceptors (Lipinski definition) is 4. The van der Waals surface area contributed by atoms with Crippen LogP contribution in [0.4, 0.5) is 0 Å². The van der Waals surface area contributed by atoms with Gasteiger partial charge in [0.25, 0.3) is 0 Å². The molecule has 1 aliphatic carbocycles. The summed E-state index contributed by atoms with van der Waals surface area (Å²) in [6.45, 7) is 6.48. The van der Waals surface area contributed by atoms with Crippen molar-refractivity contribution < 1.29 is 0 Å². The first-order valence-corrected chi connectivity index (χ1v) is 7.66. The second-order valence-electron chi connectivity index (χ2n) is 4.95. The van der Waals surface area contributed by atoms with Crippen LogP contribution in [0.25, 0.3) is 0 Å². The Hall–Kier alpha value is -0.480. The molecule has 1 aromatic heterocycles. The maximum atomic E-state index is 4.46. The van der Waals surface area contributed by atoms with Gasteiger partial charge in [0.15, 0.2) is 0 Å². The second-order valence-corrected chi connectivity index (χ2v) is 6.01. The molecule has 0 amide bonds. The van der Waals surface area contributed by atoms with E-state index in [0.29, 0.717) is 5.41 Å². The third-order valence-electron chi connectivity index (χ3n) is 3.92. The Kier molecular flexibility index (Phi) is 4.51. The van der Waals surface area contributed by atoms with Crippen LogP contribution < -0.4 is 5.32 Å². The van der Waals surface area contributed by atoms with E-state index in [0.717, 1.165) is 19.5 Å². The van der Waals surface area contributed by atoms with Crippen LogP contribution in [0.2, 0.25) is 0 Å². The van der Waals surface area contributed by atoms with Crippen LogP contribution >= 0.6 is 11.3 Å². The summed E-state index contributed by atoms with van der Waals surface area (Å²) in [6.07, 6.45) is 7.58. The fourth-order valence-electron chi connectivity index (χ4n) is 2.71. The Morgan fingerprint density at radius 1 is 1.24 bits per heavy atom. The van der Waals surface area contributed by atoms with E-state index in [4.69, 9.17) is 0 Å². The Labute approximate surface area is 108 Å². The number of hydrogen-bond donors (Lipinski definition) is 1. The van der Waals surface area contributed by atoms with Crippen molar-refractivity contribution in [3.8, 4) is 0 Å². The lowest BCUT2D eigenvalue weighted by Crippen LogP contribution is -2.20. The zero-order valence-corrected chi connectivity index (χ0v) is 11.8. The molecule has 1 heterocycles.